The molecule has 2 aromatic rings. The van der Waals surface area contributed by atoms with E-state index in [9.17, 15) is 0 Å². The van der Waals surface area contributed by atoms with Crippen LogP contribution in [0.3, 0.4) is 0 Å². The van der Waals surface area contributed by atoms with Gasteiger partial charge in [-0.05, 0) is 42.2 Å². The van der Waals surface area contributed by atoms with Crippen molar-refractivity contribution in [3.8, 4) is 0 Å². The molecule has 1 heterocycles. The molecule has 0 aromatic heterocycles. The second-order valence-corrected chi connectivity index (χ2v) is 6.60. The molecule has 3 rings (SSSR count). The molecule has 0 spiro atoms. The molecular weight excluding hydrogens is 322 g/mol. The minimum absolute atomic E-state index is 0.141. The van der Waals surface area contributed by atoms with Crippen molar-refractivity contribution in [2.24, 2.45) is 4.99 Å². The van der Waals surface area contributed by atoms with Crippen LogP contribution in [0.4, 0.5) is 5.69 Å². The van der Waals surface area contributed by atoms with E-state index in [4.69, 9.17) is 15.6 Å². The van der Waals surface area contributed by atoms with E-state index >= 15 is 0 Å². The number of nitrogens with zero attached hydrogens (tertiary/aromatic N) is 2. The number of anilines is 1. The minimum atomic E-state index is -0.141. The Balaban J connectivity index is 2.00. The number of nitrogen functional groups attached to an aromatic ring is 1. The smallest absolute Gasteiger partial charge is 0.171 e. The van der Waals surface area contributed by atoms with E-state index in [0.29, 0.717) is 0 Å². The van der Waals surface area contributed by atoms with Crippen molar-refractivity contribution in [2.75, 3.05) is 12.8 Å². The first kappa shape index (κ1) is 18.2. The van der Waals surface area contributed by atoms with Gasteiger partial charge in [-0.15, -0.1) is 0 Å². The highest BCUT2D eigenvalue weighted by Crippen LogP contribution is 2.35. The maximum atomic E-state index is 5.82. The summed E-state index contributed by atoms with van der Waals surface area (Å²) in [4.78, 5) is 10.8. The van der Waals surface area contributed by atoms with E-state index in [1.165, 1.54) is 16.8 Å². The molecular formula is C22H27N3O. The molecule has 0 radical (unpaired) electrons. The van der Waals surface area contributed by atoms with E-state index in [0.717, 1.165) is 36.2 Å². The Morgan fingerprint density at radius 2 is 1.77 bits per heavy atom. The summed E-state index contributed by atoms with van der Waals surface area (Å²) < 4.78 is 0. The van der Waals surface area contributed by atoms with Gasteiger partial charge in [-0.2, -0.15) is 0 Å². The molecule has 0 bridgehead atoms. The van der Waals surface area contributed by atoms with Crippen molar-refractivity contribution in [2.45, 2.75) is 39.3 Å². The zero-order valence-corrected chi connectivity index (χ0v) is 15.8. The number of rotatable bonds is 6. The SMILES string of the molecule is CCCC1=C(Cc2ccc(N)cc2)C(C)=NC(c2ccccc2)N1OC. The average Bonchev–Trinajstić information content (AvgIpc) is 2.66. The molecule has 26 heavy (non-hydrogen) atoms. The molecule has 136 valence electrons. The number of benzene rings is 2. The van der Waals surface area contributed by atoms with Gasteiger partial charge in [0, 0.05) is 23.5 Å². The highest BCUT2D eigenvalue weighted by molar-refractivity contribution is 6.00. The van der Waals surface area contributed by atoms with Crippen LogP contribution >= 0.6 is 0 Å². The third kappa shape index (κ3) is 3.81. The lowest BCUT2D eigenvalue weighted by atomic mass is 9.95. The van der Waals surface area contributed by atoms with Crippen LogP contribution in [0.25, 0.3) is 0 Å². The predicted octanol–water partition coefficient (Wildman–Crippen LogP) is 4.90. The van der Waals surface area contributed by atoms with Crippen molar-refractivity contribution in [1.82, 2.24) is 5.06 Å². The van der Waals surface area contributed by atoms with Gasteiger partial charge < -0.3 is 5.73 Å². The Morgan fingerprint density at radius 1 is 1.08 bits per heavy atom. The van der Waals surface area contributed by atoms with Gasteiger partial charge in [0.2, 0.25) is 0 Å². The maximum absolute atomic E-state index is 5.82. The van der Waals surface area contributed by atoms with Crippen molar-refractivity contribution >= 4 is 11.4 Å². The second-order valence-electron chi connectivity index (χ2n) is 6.60. The average molecular weight is 349 g/mol. The summed E-state index contributed by atoms with van der Waals surface area (Å²) in [5.74, 6) is 0. The number of aliphatic imine (C=N–C) groups is 1. The molecule has 0 saturated carbocycles. The van der Waals surface area contributed by atoms with E-state index in [1.54, 1.807) is 7.11 Å². The molecule has 4 nitrogen and oxygen atoms in total. The Morgan fingerprint density at radius 3 is 2.38 bits per heavy atom. The van der Waals surface area contributed by atoms with Crippen molar-refractivity contribution < 1.29 is 4.84 Å². The summed E-state index contributed by atoms with van der Waals surface area (Å²) in [6, 6.07) is 18.4. The number of hydrogen-bond donors (Lipinski definition) is 1. The fourth-order valence-corrected chi connectivity index (χ4v) is 3.42. The lowest BCUT2D eigenvalue weighted by Gasteiger charge is -2.36. The first-order valence-corrected chi connectivity index (χ1v) is 9.13. The summed E-state index contributed by atoms with van der Waals surface area (Å²) >= 11 is 0. The van der Waals surface area contributed by atoms with E-state index in [1.807, 2.05) is 35.4 Å². The van der Waals surface area contributed by atoms with E-state index in [-0.39, 0.29) is 6.17 Å². The fourth-order valence-electron chi connectivity index (χ4n) is 3.42. The van der Waals surface area contributed by atoms with Gasteiger partial charge in [0.25, 0.3) is 0 Å². The van der Waals surface area contributed by atoms with Gasteiger partial charge in [0.05, 0.1) is 7.11 Å². The monoisotopic (exact) mass is 349 g/mol. The van der Waals surface area contributed by atoms with Crippen LogP contribution in [-0.2, 0) is 11.3 Å². The Kier molecular flexibility index (Phi) is 5.74. The van der Waals surface area contributed by atoms with Crippen molar-refractivity contribution in [3.05, 3.63) is 77.0 Å². The van der Waals surface area contributed by atoms with Crippen molar-refractivity contribution in [1.29, 1.82) is 0 Å². The summed E-state index contributed by atoms with van der Waals surface area (Å²) in [5.41, 5.74) is 12.5. The quantitative estimate of drug-likeness (QED) is 0.755. The minimum Gasteiger partial charge on any atom is -0.399 e. The molecule has 2 N–H and O–H groups in total. The van der Waals surface area contributed by atoms with Gasteiger partial charge in [0.1, 0.15) is 0 Å². The molecule has 1 aliphatic rings. The zero-order valence-electron chi connectivity index (χ0n) is 15.8. The standard InChI is InChI=1S/C22H27N3O/c1-4-8-21-20(15-17-11-13-19(23)14-12-17)16(2)24-22(25(21)26-3)18-9-6-5-7-10-18/h5-7,9-14,22H,4,8,15,23H2,1-3H3. The van der Waals surface area contributed by atoms with Gasteiger partial charge in [0.15, 0.2) is 6.17 Å². The van der Waals surface area contributed by atoms with Crippen LogP contribution < -0.4 is 5.73 Å². The van der Waals surface area contributed by atoms with Gasteiger partial charge in [-0.25, -0.2) is 5.06 Å². The molecule has 0 fully saturated rings. The molecule has 0 aliphatic carbocycles. The summed E-state index contributed by atoms with van der Waals surface area (Å²) in [6.07, 6.45) is 2.69. The van der Waals surface area contributed by atoms with Crippen LogP contribution in [0.1, 0.15) is 44.0 Å². The lowest BCUT2D eigenvalue weighted by molar-refractivity contribution is -0.136. The molecule has 2 aromatic carbocycles. The predicted molar refractivity (Wildman–Crippen MR) is 108 cm³/mol. The van der Waals surface area contributed by atoms with Crippen LogP contribution in [-0.4, -0.2) is 17.9 Å². The normalized spacial score (nSPS) is 17.4. The first-order valence-electron chi connectivity index (χ1n) is 9.13. The molecule has 4 heteroatoms. The number of hydroxylamine groups is 2. The van der Waals surface area contributed by atoms with Crippen LogP contribution in [0.5, 0.6) is 0 Å². The van der Waals surface area contributed by atoms with Crippen LogP contribution in [0, 0.1) is 0 Å². The molecule has 0 amide bonds. The largest absolute Gasteiger partial charge is 0.399 e. The highest BCUT2D eigenvalue weighted by atomic mass is 16.7. The Labute approximate surface area is 156 Å². The second kappa shape index (κ2) is 8.19. The number of nitrogens with two attached hydrogens (primary N) is 1. The van der Waals surface area contributed by atoms with E-state index < -0.39 is 0 Å². The molecule has 1 unspecified atom stereocenters. The van der Waals surface area contributed by atoms with Gasteiger partial charge in [-0.3, -0.25) is 9.83 Å². The summed E-state index contributed by atoms with van der Waals surface area (Å²) in [6.45, 7) is 4.30. The molecule has 1 aliphatic heterocycles. The van der Waals surface area contributed by atoms with Crippen molar-refractivity contribution in [3.63, 3.8) is 0 Å². The lowest BCUT2D eigenvalue weighted by Crippen LogP contribution is -2.33. The summed E-state index contributed by atoms with van der Waals surface area (Å²) in [7, 11) is 1.72. The number of hydrogen-bond acceptors (Lipinski definition) is 4. The number of allylic oxidation sites excluding steroid dienone is 2. The highest BCUT2D eigenvalue weighted by Gasteiger charge is 2.29. The van der Waals surface area contributed by atoms with Crippen LogP contribution in [0.2, 0.25) is 0 Å². The Bertz CT molecular complexity index is 794. The topological polar surface area (TPSA) is 50.8 Å². The molecule has 1 atom stereocenters. The van der Waals surface area contributed by atoms with Gasteiger partial charge in [-0.1, -0.05) is 55.8 Å². The first-order chi connectivity index (χ1) is 12.6. The van der Waals surface area contributed by atoms with Crippen LogP contribution in [0.15, 0.2) is 70.9 Å². The van der Waals surface area contributed by atoms with Gasteiger partial charge >= 0.3 is 0 Å². The fraction of sp³-hybridized carbons (Fsp3) is 0.318. The molecule has 0 saturated heterocycles. The summed E-state index contributed by atoms with van der Waals surface area (Å²) in [5, 5.41) is 1.97. The third-order valence-corrected chi connectivity index (χ3v) is 4.73. The maximum Gasteiger partial charge on any atom is 0.171 e. The third-order valence-electron chi connectivity index (χ3n) is 4.73. The Hall–Kier alpha value is -2.59. The van der Waals surface area contributed by atoms with E-state index in [2.05, 4.69) is 38.1 Å². The zero-order chi connectivity index (χ0) is 18.5.